The van der Waals surface area contributed by atoms with Gasteiger partial charge in [-0.3, -0.25) is 9.69 Å². The van der Waals surface area contributed by atoms with Crippen molar-refractivity contribution in [3.63, 3.8) is 0 Å². The standard InChI is InChI=1S/C14H17N3O2S2/c18-14(12-2-1-7-20-12)15-8-13-16-11(10-21-13)9-17-3-5-19-6-4-17/h1-2,7,10H,3-6,8-9H2,(H,15,18). The van der Waals surface area contributed by atoms with Gasteiger partial charge >= 0.3 is 0 Å². The average Bonchev–Trinajstić information content (AvgIpc) is 3.17. The zero-order valence-corrected chi connectivity index (χ0v) is 13.2. The van der Waals surface area contributed by atoms with E-state index in [0.717, 1.165) is 48.4 Å². The van der Waals surface area contributed by atoms with Gasteiger partial charge in [-0.25, -0.2) is 4.98 Å². The number of morpholine rings is 1. The third kappa shape index (κ3) is 4.10. The molecule has 0 atom stereocenters. The molecule has 0 bridgehead atoms. The van der Waals surface area contributed by atoms with Gasteiger partial charge in [-0.2, -0.15) is 0 Å². The van der Waals surface area contributed by atoms with Crippen LogP contribution in [0.25, 0.3) is 0 Å². The van der Waals surface area contributed by atoms with E-state index in [1.54, 1.807) is 11.3 Å². The smallest absolute Gasteiger partial charge is 0.261 e. The summed E-state index contributed by atoms with van der Waals surface area (Å²) in [5.74, 6) is -0.0325. The Hall–Kier alpha value is -1.28. The van der Waals surface area contributed by atoms with Gasteiger partial charge in [0.05, 0.1) is 30.3 Å². The average molecular weight is 323 g/mol. The number of amides is 1. The lowest BCUT2D eigenvalue weighted by molar-refractivity contribution is 0.0337. The number of nitrogens with zero attached hydrogens (tertiary/aromatic N) is 2. The van der Waals surface area contributed by atoms with E-state index in [1.807, 2.05) is 17.5 Å². The van der Waals surface area contributed by atoms with Gasteiger partial charge < -0.3 is 10.1 Å². The molecule has 1 amide bonds. The van der Waals surface area contributed by atoms with Gasteiger partial charge in [-0.15, -0.1) is 22.7 Å². The minimum atomic E-state index is -0.0325. The molecule has 0 aromatic carbocycles. The van der Waals surface area contributed by atoms with E-state index in [9.17, 15) is 4.79 Å². The van der Waals surface area contributed by atoms with Gasteiger partial charge in [0, 0.05) is 25.0 Å². The van der Waals surface area contributed by atoms with Crippen LogP contribution in [0.1, 0.15) is 20.4 Å². The molecule has 1 N–H and O–H groups in total. The number of ether oxygens (including phenoxy) is 1. The Labute approximate surface area is 131 Å². The van der Waals surface area contributed by atoms with Crippen molar-refractivity contribution in [3.8, 4) is 0 Å². The molecule has 3 rings (SSSR count). The van der Waals surface area contributed by atoms with Gasteiger partial charge in [-0.05, 0) is 11.4 Å². The molecule has 112 valence electrons. The first kappa shape index (κ1) is 14.6. The normalized spacial score (nSPS) is 16.0. The Morgan fingerprint density at radius 1 is 1.38 bits per heavy atom. The highest BCUT2D eigenvalue weighted by atomic mass is 32.1. The first-order valence-electron chi connectivity index (χ1n) is 6.86. The Balaban J connectivity index is 1.49. The van der Waals surface area contributed by atoms with Crippen LogP contribution in [0.2, 0.25) is 0 Å². The molecule has 1 saturated heterocycles. The van der Waals surface area contributed by atoms with Crippen LogP contribution in [-0.2, 0) is 17.8 Å². The van der Waals surface area contributed by atoms with Crippen LogP contribution in [0.4, 0.5) is 0 Å². The molecule has 1 aliphatic heterocycles. The number of nitrogens with one attached hydrogen (secondary N) is 1. The van der Waals surface area contributed by atoms with Crippen molar-refractivity contribution in [3.05, 3.63) is 38.5 Å². The van der Waals surface area contributed by atoms with E-state index in [1.165, 1.54) is 11.3 Å². The molecule has 1 fully saturated rings. The van der Waals surface area contributed by atoms with Crippen LogP contribution in [0.15, 0.2) is 22.9 Å². The van der Waals surface area contributed by atoms with Crippen molar-refractivity contribution in [2.24, 2.45) is 0 Å². The molecule has 0 radical (unpaired) electrons. The maximum Gasteiger partial charge on any atom is 0.261 e. The second-order valence-electron chi connectivity index (χ2n) is 4.78. The van der Waals surface area contributed by atoms with Crippen molar-refractivity contribution in [1.82, 2.24) is 15.2 Å². The maximum absolute atomic E-state index is 11.9. The molecule has 0 unspecified atom stereocenters. The Morgan fingerprint density at radius 3 is 3.00 bits per heavy atom. The first-order chi connectivity index (χ1) is 10.3. The van der Waals surface area contributed by atoms with Crippen molar-refractivity contribution in [1.29, 1.82) is 0 Å². The summed E-state index contributed by atoms with van der Waals surface area (Å²) in [6.07, 6.45) is 0. The number of rotatable bonds is 5. The molecular weight excluding hydrogens is 306 g/mol. The molecule has 2 aromatic rings. The fraction of sp³-hybridized carbons (Fsp3) is 0.429. The van der Waals surface area contributed by atoms with Crippen LogP contribution in [-0.4, -0.2) is 42.1 Å². The van der Waals surface area contributed by atoms with E-state index in [-0.39, 0.29) is 5.91 Å². The van der Waals surface area contributed by atoms with E-state index in [4.69, 9.17) is 4.74 Å². The lowest BCUT2D eigenvalue weighted by Gasteiger charge is -2.25. The minimum Gasteiger partial charge on any atom is -0.379 e. The number of hydrogen-bond acceptors (Lipinski definition) is 6. The first-order valence-corrected chi connectivity index (χ1v) is 8.62. The fourth-order valence-corrected chi connectivity index (χ4v) is 3.51. The summed E-state index contributed by atoms with van der Waals surface area (Å²) in [5, 5.41) is 7.82. The van der Waals surface area contributed by atoms with Gasteiger partial charge in [0.1, 0.15) is 5.01 Å². The molecule has 1 aliphatic rings. The summed E-state index contributed by atoms with van der Waals surface area (Å²) in [4.78, 5) is 19.5. The van der Waals surface area contributed by atoms with Crippen LogP contribution >= 0.6 is 22.7 Å². The molecule has 3 heterocycles. The third-order valence-electron chi connectivity index (χ3n) is 3.23. The van der Waals surface area contributed by atoms with Gasteiger partial charge in [0.2, 0.25) is 0 Å². The molecular formula is C14H17N3O2S2. The Kier molecular flexibility index (Phi) is 4.97. The maximum atomic E-state index is 11.9. The monoisotopic (exact) mass is 323 g/mol. The van der Waals surface area contributed by atoms with Crippen LogP contribution in [0.3, 0.4) is 0 Å². The summed E-state index contributed by atoms with van der Waals surface area (Å²) in [5.41, 5.74) is 1.07. The molecule has 0 spiro atoms. The summed E-state index contributed by atoms with van der Waals surface area (Å²) in [6.45, 7) is 4.87. The molecule has 21 heavy (non-hydrogen) atoms. The summed E-state index contributed by atoms with van der Waals surface area (Å²) in [6, 6.07) is 3.70. The highest BCUT2D eigenvalue weighted by molar-refractivity contribution is 7.12. The highest BCUT2D eigenvalue weighted by Crippen LogP contribution is 2.13. The minimum absolute atomic E-state index is 0.0325. The zero-order chi connectivity index (χ0) is 14.5. The number of carbonyl (C=O) groups is 1. The van der Waals surface area contributed by atoms with E-state index < -0.39 is 0 Å². The quantitative estimate of drug-likeness (QED) is 0.914. The van der Waals surface area contributed by atoms with E-state index in [2.05, 4.69) is 20.6 Å². The number of thiazole rings is 1. The number of thiophene rings is 1. The van der Waals surface area contributed by atoms with Crippen molar-refractivity contribution >= 4 is 28.6 Å². The molecule has 0 saturated carbocycles. The summed E-state index contributed by atoms with van der Waals surface area (Å²) >= 11 is 3.04. The molecule has 2 aromatic heterocycles. The predicted octanol–water partition coefficient (Wildman–Crippen LogP) is 1.97. The van der Waals surface area contributed by atoms with Gasteiger partial charge in [0.25, 0.3) is 5.91 Å². The van der Waals surface area contributed by atoms with E-state index in [0.29, 0.717) is 6.54 Å². The topological polar surface area (TPSA) is 54.5 Å². The molecule has 7 heteroatoms. The second kappa shape index (κ2) is 7.13. The lowest BCUT2D eigenvalue weighted by atomic mass is 10.3. The lowest BCUT2D eigenvalue weighted by Crippen LogP contribution is -2.35. The SMILES string of the molecule is O=C(NCc1nc(CN2CCOCC2)cs1)c1cccs1. The molecule has 5 nitrogen and oxygen atoms in total. The van der Waals surface area contributed by atoms with Crippen LogP contribution in [0.5, 0.6) is 0 Å². The third-order valence-corrected chi connectivity index (χ3v) is 5.00. The number of aromatic nitrogens is 1. The predicted molar refractivity (Wildman–Crippen MR) is 83.7 cm³/mol. The number of carbonyl (C=O) groups excluding carboxylic acids is 1. The summed E-state index contributed by atoms with van der Waals surface area (Å²) in [7, 11) is 0. The van der Waals surface area contributed by atoms with Crippen LogP contribution < -0.4 is 5.32 Å². The van der Waals surface area contributed by atoms with Crippen molar-refractivity contribution in [2.45, 2.75) is 13.1 Å². The molecule has 0 aliphatic carbocycles. The van der Waals surface area contributed by atoms with Crippen molar-refractivity contribution < 1.29 is 9.53 Å². The van der Waals surface area contributed by atoms with Crippen LogP contribution in [0, 0.1) is 0 Å². The Morgan fingerprint density at radius 2 is 2.24 bits per heavy atom. The second-order valence-corrected chi connectivity index (χ2v) is 6.67. The van der Waals surface area contributed by atoms with Gasteiger partial charge in [0.15, 0.2) is 0 Å². The summed E-state index contributed by atoms with van der Waals surface area (Å²) < 4.78 is 5.34. The van der Waals surface area contributed by atoms with Crippen molar-refractivity contribution in [2.75, 3.05) is 26.3 Å². The van der Waals surface area contributed by atoms with Gasteiger partial charge in [-0.1, -0.05) is 6.07 Å². The largest absolute Gasteiger partial charge is 0.379 e. The fourth-order valence-electron chi connectivity index (χ4n) is 2.14. The zero-order valence-electron chi connectivity index (χ0n) is 11.6. The number of hydrogen-bond donors (Lipinski definition) is 1. The Bertz CT molecular complexity index is 577. The van der Waals surface area contributed by atoms with E-state index >= 15 is 0 Å². The highest BCUT2D eigenvalue weighted by Gasteiger charge is 2.13.